The van der Waals surface area contributed by atoms with Gasteiger partial charge in [0.05, 0.1) is 19.8 Å². The van der Waals surface area contributed by atoms with E-state index in [1.807, 2.05) is 0 Å². The van der Waals surface area contributed by atoms with E-state index in [0.717, 1.165) is 0 Å². The molecule has 7 heteroatoms. The third-order valence-electron chi connectivity index (χ3n) is 2.92. The van der Waals surface area contributed by atoms with Crippen LogP contribution in [0.25, 0.3) is 0 Å². The third-order valence-corrected chi connectivity index (χ3v) is 2.92. The van der Waals surface area contributed by atoms with E-state index in [1.165, 1.54) is 12.1 Å². The molecule has 1 rings (SSSR count). The van der Waals surface area contributed by atoms with Gasteiger partial charge >= 0.3 is 0 Å². The summed E-state index contributed by atoms with van der Waals surface area (Å²) in [6.07, 6.45) is 0.425. The first kappa shape index (κ1) is 15.5. The van der Waals surface area contributed by atoms with Gasteiger partial charge in [-0.2, -0.15) is 0 Å². The lowest BCUT2D eigenvalue weighted by Gasteiger charge is -2.31. The highest BCUT2D eigenvalue weighted by molar-refractivity contribution is 5.61. The Morgan fingerprint density at radius 1 is 1.00 bits per heavy atom. The number of phenolic OH excluding ortho intramolecular Hbond substituents is 2. The van der Waals surface area contributed by atoms with E-state index in [2.05, 4.69) is 5.32 Å². The lowest BCUT2D eigenvalue weighted by Crippen LogP contribution is -2.49. The average molecular weight is 272 g/mol. The molecule has 0 spiro atoms. The summed E-state index contributed by atoms with van der Waals surface area (Å²) in [5.74, 6) is -0.623. The van der Waals surface area contributed by atoms with Crippen molar-refractivity contribution in [3.8, 4) is 11.5 Å². The number of hydrogen-bond donors (Lipinski definition) is 7. The predicted octanol–water partition coefficient (Wildman–Crippen LogP) is -1.27. The lowest BCUT2D eigenvalue weighted by atomic mass is 10.0. The molecule has 7 nitrogen and oxygen atoms in total. The van der Waals surface area contributed by atoms with Crippen molar-refractivity contribution in [2.24, 2.45) is 5.73 Å². The molecule has 1 aromatic rings. The molecule has 0 aliphatic carbocycles. The van der Waals surface area contributed by atoms with Crippen LogP contribution in [0, 0.1) is 0 Å². The Bertz CT molecular complexity index is 413. The van der Waals surface area contributed by atoms with E-state index in [9.17, 15) is 25.5 Å². The molecule has 0 amide bonds. The molecule has 0 aliphatic rings. The van der Waals surface area contributed by atoms with Gasteiger partial charge < -0.3 is 36.6 Å². The molecule has 0 saturated carbocycles. The number of nitrogens with one attached hydrogen (secondary N) is 1. The fourth-order valence-corrected chi connectivity index (χ4v) is 1.65. The Kier molecular flexibility index (Phi) is 5.37. The van der Waals surface area contributed by atoms with Gasteiger partial charge in [0.25, 0.3) is 0 Å². The molecular formula is C12H20N2O5. The molecule has 1 aromatic carbocycles. The van der Waals surface area contributed by atoms with Gasteiger partial charge in [-0.05, 0) is 24.6 Å². The van der Waals surface area contributed by atoms with E-state index in [0.29, 0.717) is 24.2 Å². The van der Waals surface area contributed by atoms with Crippen molar-refractivity contribution in [3.63, 3.8) is 0 Å². The monoisotopic (exact) mass is 272 g/mol. The van der Waals surface area contributed by atoms with Crippen LogP contribution in [-0.2, 0) is 6.42 Å². The maximum atomic E-state index is 9.50. The quantitative estimate of drug-likeness (QED) is 0.242. The number of nitrogens with two attached hydrogens (primary N) is 1. The summed E-state index contributed by atoms with van der Waals surface area (Å²) in [5.41, 5.74) is 5.14. The minimum absolute atomic E-state index is 0.281. The molecule has 0 aliphatic heterocycles. The number of aliphatic hydroxyl groups excluding tert-OH is 3. The highest BCUT2D eigenvalue weighted by Crippen LogP contribution is 2.33. The minimum Gasteiger partial charge on any atom is -0.504 e. The largest absolute Gasteiger partial charge is 0.504 e. The zero-order chi connectivity index (χ0) is 14.5. The first-order valence-corrected chi connectivity index (χ1v) is 5.87. The Balaban J connectivity index is 3.14. The lowest BCUT2D eigenvalue weighted by molar-refractivity contribution is 0.0833. The number of aliphatic hydroxyl groups is 3. The van der Waals surface area contributed by atoms with Crippen molar-refractivity contribution in [3.05, 3.63) is 17.7 Å². The molecule has 0 aromatic heterocycles. The van der Waals surface area contributed by atoms with Gasteiger partial charge in [0.2, 0.25) is 0 Å². The Morgan fingerprint density at radius 3 is 2.00 bits per heavy atom. The van der Waals surface area contributed by atoms with E-state index >= 15 is 0 Å². The fraction of sp³-hybridized carbons (Fsp3) is 0.500. The van der Waals surface area contributed by atoms with Crippen LogP contribution >= 0.6 is 0 Å². The normalized spacial score (nSPS) is 11.6. The summed E-state index contributed by atoms with van der Waals surface area (Å²) in [5, 5.41) is 49.5. The second-order valence-corrected chi connectivity index (χ2v) is 4.42. The smallest absolute Gasteiger partial charge is 0.159 e. The number of aromatic hydroxyl groups is 2. The maximum absolute atomic E-state index is 9.50. The number of benzene rings is 1. The summed E-state index contributed by atoms with van der Waals surface area (Å²) < 4.78 is 0. The summed E-state index contributed by atoms with van der Waals surface area (Å²) >= 11 is 0. The number of rotatable bonds is 7. The van der Waals surface area contributed by atoms with Gasteiger partial charge in [-0.15, -0.1) is 0 Å². The Morgan fingerprint density at radius 2 is 1.53 bits per heavy atom. The van der Waals surface area contributed by atoms with Gasteiger partial charge in [-0.3, -0.25) is 0 Å². The number of anilines is 1. The van der Waals surface area contributed by atoms with E-state index in [-0.39, 0.29) is 11.5 Å². The van der Waals surface area contributed by atoms with Crippen molar-refractivity contribution >= 4 is 5.69 Å². The van der Waals surface area contributed by atoms with Gasteiger partial charge in [-0.25, -0.2) is 0 Å². The van der Waals surface area contributed by atoms with E-state index in [1.54, 1.807) is 0 Å². The highest BCUT2D eigenvalue weighted by atomic mass is 16.3. The SMILES string of the molecule is NCCc1cc(O)c(O)cc1NC(CO)(CO)CO. The van der Waals surface area contributed by atoms with Gasteiger partial charge in [-0.1, -0.05) is 0 Å². The third kappa shape index (κ3) is 3.48. The van der Waals surface area contributed by atoms with Crippen molar-refractivity contribution in [2.75, 3.05) is 31.7 Å². The first-order chi connectivity index (χ1) is 9.01. The van der Waals surface area contributed by atoms with Crippen molar-refractivity contribution < 1.29 is 25.5 Å². The van der Waals surface area contributed by atoms with Crippen LogP contribution in [0.1, 0.15) is 5.56 Å². The molecule has 19 heavy (non-hydrogen) atoms. The zero-order valence-corrected chi connectivity index (χ0v) is 10.5. The van der Waals surface area contributed by atoms with Crippen molar-refractivity contribution in [1.29, 1.82) is 0 Å². The molecule has 0 saturated heterocycles. The zero-order valence-electron chi connectivity index (χ0n) is 10.5. The van der Waals surface area contributed by atoms with Crippen LogP contribution < -0.4 is 11.1 Å². The highest BCUT2D eigenvalue weighted by Gasteiger charge is 2.28. The molecule has 108 valence electrons. The molecule has 0 fully saturated rings. The van der Waals surface area contributed by atoms with Crippen LogP contribution in [0.4, 0.5) is 5.69 Å². The second-order valence-electron chi connectivity index (χ2n) is 4.42. The maximum Gasteiger partial charge on any atom is 0.159 e. The summed E-state index contributed by atoms with van der Waals surface area (Å²) in [7, 11) is 0. The number of phenols is 2. The van der Waals surface area contributed by atoms with E-state index < -0.39 is 25.4 Å². The number of hydrogen-bond acceptors (Lipinski definition) is 7. The fourth-order valence-electron chi connectivity index (χ4n) is 1.65. The van der Waals surface area contributed by atoms with Crippen LogP contribution in [0.15, 0.2) is 12.1 Å². The Labute approximate surface area is 110 Å². The van der Waals surface area contributed by atoms with Gasteiger partial charge in [0.15, 0.2) is 11.5 Å². The molecule has 0 radical (unpaired) electrons. The minimum atomic E-state index is -1.31. The average Bonchev–Trinajstić information content (AvgIpc) is 2.42. The molecular weight excluding hydrogens is 252 g/mol. The van der Waals surface area contributed by atoms with Gasteiger partial charge in [0, 0.05) is 11.8 Å². The van der Waals surface area contributed by atoms with Gasteiger partial charge in [0.1, 0.15) is 5.54 Å². The van der Waals surface area contributed by atoms with Crippen molar-refractivity contribution in [2.45, 2.75) is 12.0 Å². The predicted molar refractivity (Wildman–Crippen MR) is 70.1 cm³/mol. The Hall–Kier alpha value is -1.54. The summed E-state index contributed by atoms with van der Waals surface area (Å²) in [6, 6.07) is 2.61. The molecule has 0 bridgehead atoms. The standard InChI is InChI=1S/C12H20N2O5/c13-2-1-8-3-10(18)11(19)4-9(8)14-12(5-15,6-16)7-17/h3-4,14-19H,1-2,5-7,13H2. The second kappa shape index (κ2) is 6.58. The molecule has 0 unspecified atom stereocenters. The molecule has 0 heterocycles. The van der Waals surface area contributed by atoms with Crippen molar-refractivity contribution in [1.82, 2.24) is 0 Å². The first-order valence-electron chi connectivity index (χ1n) is 5.87. The topological polar surface area (TPSA) is 139 Å². The molecule has 8 N–H and O–H groups in total. The van der Waals surface area contributed by atoms with E-state index in [4.69, 9.17) is 5.73 Å². The molecule has 0 atom stereocenters. The van der Waals surface area contributed by atoms with Crippen LogP contribution in [0.2, 0.25) is 0 Å². The summed E-state index contributed by atoms with van der Waals surface area (Å²) in [4.78, 5) is 0. The summed E-state index contributed by atoms with van der Waals surface area (Å²) in [6.45, 7) is -1.17. The van der Waals surface area contributed by atoms with Crippen LogP contribution in [-0.4, -0.2) is 57.4 Å². The van der Waals surface area contributed by atoms with Crippen LogP contribution in [0.3, 0.4) is 0 Å². The van der Waals surface area contributed by atoms with Crippen LogP contribution in [0.5, 0.6) is 11.5 Å².